The van der Waals surface area contributed by atoms with E-state index < -0.39 is 0 Å². The number of hydrogen-bond donors (Lipinski definition) is 1. The van der Waals surface area contributed by atoms with Crippen LogP contribution in [0.1, 0.15) is 47.5 Å². The Labute approximate surface area is 90.1 Å². The van der Waals surface area contributed by atoms with Crippen molar-refractivity contribution < 1.29 is 0 Å². The molecule has 1 unspecified atom stereocenters. The summed E-state index contributed by atoms with van der Waals surface area (Å²) in [7, 11) is 0. The second-order valence-corrected chi connectivity index (χ2v) is 4.38. The van der Waals surface area contributed by atoms with E-state index in [4.69, 9.17) is 0 Å². The van der Waals surface area contributed by atoms with Gasteiger partial charge >= 0.3 is 0 Å². The van der Waals surface area contributed by atoms with Crippen LogP contribution in [0.4, 0.5) is 0 Å². The lowest BCUT2D eigenvalue weighted by atomic mass is 10.2. The van der Waals surface area contributed by atoms with Gasteiger partial charge in [0.1, 0.15) is 0 Å². The molecule has 1 atom stereocenters. The smallest absolute Gasteiger partial charge is 0.00788 e. The molecule has 0 aliphatic rings. The normalized spacial score (nSPS) is 13.9. The molecule has 0 fully saturated rings. The van der Waals surface area contributed by atoms with Crippen molar-refractivity contribution >= 4 is 0 Å². The molecular weight excluding hydrogens is 172 g/mol. The van der Waals surface area contributed by atoms with Crippen molar-refractivity contribution in [3.05, 3.63) is 0 Å². The maximum atomic E-state index is 3.47. The molecule has 14 heavy (non-hydrogen) atoms. The fourth-order valence-electron chi connectivity index (χ4n) is 1.74. The van der Waals surface area contributed by atoms with E-state index in [1.807, 2.05) is 0 Å². The highest BCUT2D eigenvalue weighted by Crippen LogP contribution is 2.03. The van der Waals surface area contributed by atoms with E-state index in [1.165, 1.54) is 25.9 Å². The fraction of sp³-hybridized carbons (Fsp3) is 1.00. The van der Waals surface area contributed by atoms with Crippen molar-refractivity contribution in [2.45, 2.75) is 59.5 Å². The largest absolute Gasteiger partial charge is 0.314 e. The average Bonchev–Trinajstić information content (AvgIpc) is 2.13. The Morgan fingerprint density at radius 2 is 1.79 bits per heavy atom. The standard InChI is InChI=1S/C12H28N2/c1-6-10-14(7-2)12(5)8-9-13-11(3)4/h11-13H,6-10H2,1-5H3. The molecule has 0 aromatic rings. The summed E-state index contributed by atoms with van der Waals surface area (Å²) in [5, 5.41) is 3.47. The van der Waals surface area contributed by atoms with E-state index in [0.29, 0.717) is 12.1 Å². The fourth-order valence-corrected chi connectivity index (χ4v) is 1.74. The maximum Gasteiger partial charge on any atom is 0.00788 e. The molecular formula is C12H28N2. The van der Waals surface area contributed by atoms with Gasteiger partial charge in [-0.1, -0.05) is 27.7 Å². The Morgan fingerprint density at radius 1 is 1.14 bits per heavy atom. The average molecular weight is 200 g/mol. The molecule has 0 bridgehead atoms. The highest BCUT2D eigenvalue weighted by Gasteiger charge is 2.10. The maximum absolute atomic E-state index is 3.47. The van der Waals surface area contributed by atoms with Crippen LogP contribution >= 0.6 is 0 Å². The second kappa shape index (κ2) is 8.25. The van der Waals surface area contributed by atoms with Crippen molar-refractivity contribution in [1.82, 2.24) is 10.2 Å². The van der Waals surface area contributed by atoms with Gasteiger partial charge in [-0.15, -0.1) is 0 Å². The first-order valence-corrected chi connectivity index (χ1v) is 6.09. The molecule has 1 N–H and O–H groups in total. The molecule has 0 aliphatic carbocycles. The lowest BCUT2D eigenvalue weighted by Crippen LogP contribution is -2.36. The van der Waals surface area contributed by atoms with Gasteiger partial charge in [0.25, 0.3) is 0 Å². The van der Waals surface area contributed by atoms with E-state index in [-0.39, 0.29) is 0 Å². The molecule has 0 aromatic heterocycles. The number of nitrogens with one attached hydrogen (secondary N) is 1. The van der Waals surface area contributed by atoms with Crippen LogP contribution in [-0.4, -0.2) is 36.6 Å². The minimum Gasteiger partial charge on any atom is -0.314 e. The van der Waals surface area contributed by atoms with Gasteiger partial charge in [-0.05, 0) is 39.4 Å². The summed E-state index contributed by atoms with van der Waals surface area (Å²) in [6, 6.07) is 1.33. The Kier molecular flexibility index (Phi) is 8.20. The second-order valence-electron chi connectivity index (χ2n) is 4.38. The topological polar surface area (TPSA) is 15.3 Å². The summed E-state index contributed by atoms with van der Waals surface area (Å²) in [5.74, 6) is 0. The SMILES string of the molecule is CCCN(CC)C(C)CCNC(C)C. The van der Waals surface area contributed by atoms with Gasteiger partial charge in [0.2, 0.25) is 0 Å². The van der Waals surface area contributed by atoms with Gasteiger partial charge in [0.15, 0.2) is 0 Å². The predicted octanol–water partition coefficient (Wildman–Crippen LogP) is 2.49. The van der Waals surface area contributed by atoms with Gasteiger partial charge in [0, 0.05) is 12.1 Å². The highest BCUT2D eigenvalue weighted by molar-refractivity contribution is 4.67. The molecule has 0 aliphatic heterocycles. The van der Waals surface area contributed by atoms with Crippen LogP contribution in [-0.2, 0) is 0 Å². The minimum atomic E-state index is 0.614. The molecule has 0 radical (unpaired) electrons. The summed E-state index contributed by atoms with van der Waals surface area (Å²) in [4.78, 5) is 2.56. The third-order valence-electron chi connectivity index (χ3n) is 2.66. The summed E-state index contributed by atoms with van der Waals surface area (Å²) in [6.45, 7) is 14.8. The van der Waals surface area contributed by atoms with E-state index in [2.05, 4.69) is 44.8 Å². The zero-order chi connectivity index (χ0) is 11.0. The van der Waals surface area contributed by atoms with Crippen LogP contribution in [0.2, 0.25) is 0 Å². The molecule has 2 nitrogen and oxygen atoms in total. The van der Waals surface area contributed by atoms with Crippen LogP contribution in [0, 0.1) is 0 Å². The third-order valence-corrected chi connectivity index (χ3v) is 2.66. The van der Waals surface area contributed by atoms with Crippen molar-refractivity contribution in [2.75, 3.05) is 19.6 Å². The van der Waals surface area contributed by atoms with Gasteiger partial charge in [0.05, 0.1) is 0 Å². The molecule has 2 heteroatoms. The lowest BCUT2D eigenvalue weighted by Gasteiger charge is -2.27. The van der Waals surface area contributed by atoms with Crippen molar-refractivity contribution in [3.8, 4) is 0 Å². The summed E-state index contributed by atoms with van der Waals surface area (Å²) < 4.78 is 0. The van der Waals surface area contributed by atoms with Crippen molar-refractivity contribution in [1.29, 1.82) is 0 Å². The van der Waals surface area contributed by atoms with E-state index in [9.17, 15) is 0 Å². The molecule has 0 heterocycles. The monoisotopic (exact) mass is 200 g/mol. The highest BCUT2D eigenvalue weighted by atomic mass is 15.1. The van der Waals surface area contributed by atoms with Crippen LogP contribution in [0.3, 0.4) is 0 Å². The number of rotatable bonds is 8. The number of hydrogen-bond acceptors (Lipinski definition) is 2. The summed E-state index contributed by atoms with van der Waals surface area (Å²) in [6.07, 6.45) is 2.52. The van der Waals surface area contributed by atoms with Crippen LogP contribution in [0.25, 0.3) is 0 Å². The number of nitrogens with zero attached hydrogens (tertiary/aromatic N) is 1. The van der Waals surface area contributed by atoms with Gasteiger partial charge in [-0.2, -0.15) is 0 Å². The molecule has 86 valence electrons. The van der Waals surface area contributed by atoms with Crippen LogP contribution in [0.5, 0.6) is 0 Å². The van der Waals surface area contributed by atoms with Gasteiger partial charge in [-0.3, -0.25) is 0 Å². The van der Waals surface area contributed by atoms with E-state index in [0.717, 1.165) is 6.54 Å². The lowest BCUT2D eigenvalue weighted by molar-refractivity contribution is 0.208. The Bertz CT molecular complexity index is 123. The molecule has 0 aromatic carbocycles. The van der Waals surface area contributed by atoms with Crippen molar-refractivity contribution in [3.63, 3.8) is 0 Å². The molecule has 0 rings (SSSR count). The zero-order valence-electron chi connectivity index (χ0n) is 10.6. The summed E-state index contributed by atoms with van der Waals surface area (Å²) >= 11 is 0. The van der Waals surface area contributed by atoms with Gasteiger partial charge in [-0.25, -0.2) is 0 Å². The molecule has 0 spiro atoms. The Balaban J connectivity index is 3.63. The minimum absolute atomic E-state index is 0.614. The van der Waals surface area contributed by atoms with Crippen molar-refractivity contribution in [2.24, 2.45) is 0 Å². The Hall–Kier alpha value is -0.0800. The van der Waals surface area contributed by atoms with E-state index in [1.54, 1.807) is 0 Å². The van der Waals surface area contributed by atoms with Gasteiger partial charge < -0.3 is 10.2 Å². The first-order valence-electron chi connectivity index (χ1n) is 6.09. The quantitative estimate of drug-likeness (QED) is 0.647. The van der Waals surface area contributed by atoms with Crippen LogP contribution in [0.15, 0.2) is 0 Å². The molecule has 0 saturated carbocycles. The Morgan fingerprint density at radius 3 is 2.21 bits per heavy atom. The third kappa shape index (κ3) is 6.39. The van der Waals surface area contributed by atoms with E-state index >= 15 is 0 Å². The first kappa shape index (κ1) is 13.9. The first-order chi connectivity index (χ1) is 6.61. The zero-order valence-corrected chi connectivity index (χ0v) is 10.6. The molecule has 0 amide bonds. The molecule has 0 saturated heterocycles. The summed E-state index contributed by atoms with van der Waals surface area (Å²) in [5.41, 5.74) is 0. The predicted molar refractivity (Wildman–Crippen MR) is 64.8 cm³/mol. The van der Waals surface area contributed by atoms with Crippen LogP contribution < -0.4 is 5.32 Å².